The summed E-state index contributed by atoms with van der Waals surface area (Å²) >= 11 is 3.20. The smallest absolute Gasteiger partial charge is 0.295 e. The monoisotopic (exact) mass is 325 g/mol. The quantitative estimate of drug-likeness (QED) is 0.662. The van der Waals surface area contributed by atoms with Crippen LogP contribution in [-0.2, 0) is 0 Å². The molecule has 1 amide bonds. The number of aromatic nitrogens is 3. The van der Waals surface area contributed by atoms with Crippen molar-refractivity contribution in [3.8, 4) is 0 Å². The zero-order valence-corrected chi connectivity index (χ0v) is 11.3. The van der Waals surface area contributed by atoms with Crippen LogP contribution in [0.2, 0.25) is 0 Å². The number of carbonyl (C=O) groups excluding carboxylic acids is 1. The van der Waals surface area contributed by atoms with Crippen LogP contribution >= 0.6 is 15.9 Å². The number of aryl methyl sites for hydroxylation is 1. The van der Waals surface area contributed by atoms with E-state index in [2.05, 4.69) is 36.4 Å². The number of anilines is 1. The van der Waals surface area contributed by atoms with E-state index >= 15 is 0 Å². The molecule has 0 aliphatic heterocycles. The summed E-state index contributed by atoms with van der Waals surface area (Å²) in [6.45, 7) is 1.66. The lowest BCUT2D eigenvalue weighted by Crippen LogP contribution is -2.14. The highest BCUT2D eigenvalue weighted by Gasteiger charge is 2.15. The average molecular weight is 326 g/mol. The van der Waals surface area contributed by atoms with Crippen molar-refractivity contribution in [1.29, 1.82) is 0 Å². The van der Waals surface area contributed by atoms with Gasteiger partial charge in [-0.15, -0.1) is 5.10 Å². The molecule has 0 saturated heterocycles. The van der Waals surface area contributed by atoms with Crippen molar-refractivity contribution < 1.29 is 9.72 Å². The van der Waals surface area contributed by atoms with Crippen molar-refractivity contribution in [3.63, 3.8) is 0 Å². The Morgan fingerprint density at radius 3 is 2.84 bits per heavy atom. The molecule has 1 aromatic carbocycles. The highest BCUT2D eigenvalue weighted by atomic mass is 79.9. The topological polar surface area (TPSA) is 114 Å². The van der Waals surface area contributed by atoms with Gasteiger partial charge < -0.3 is 5.32 Å². The maximum Gasteiger partial charge on any atom is 0.295 e. The van der Waals surface area contributed by atoms with Gasteiger partial charge >= 0.3 is 0 Å². The number of nitrogens with one attached hydrogen (secondary N) is 2. The molecule has 0 spiro atoms. The summed E-state index contributed by atoms with van der Waals surface area (Å²) in [5, 5.41) is 19.4. The number of hydrogen-bond donors (Lipinski definition) is 2. The van der Waals surface area contributed by atoms with E-state index in [0.29, 0.717) is 10.3 Å². The Kier molecular flexibility index (Phi) is 3.56. The molecule has 0 radical (unpaired) electrons. The molecule has 2 rings (SSSR count). The molecule has 0 aliphatic carbocycles. The lowest BCUT2D eigenvalue weighted by atomic mass is 10.3. The van der Waals surface area contributed by atoms with Gasteiger partial charge in [-0.25, -0.2) is 4.98 Å². The van der Waals surface area contributed by atoms with Gasteiger partial charge in [0.2, 0.25) is 5.82 Å². The summed E-state index contributed by atoms with van der Waals surface area (Å²) in [6.07, 6.45) is 0. The number of halogens is 1. The van der Waals surface area contributed by atoms with Crippen molar-refractivity contribution in [1.82, 2.24) is 15.2 Å². The molecule has 8 nitrogen and oxygen atoms in total. The van der Waals surface area contributed by atoms with Gasteiger partial charge in [0.15, 0.2) is 0 Å². The SMILES string of the molecule is Cc1nc(C(=O)Nc2cc([N+](=O)[O-])ccc2Br)n[nH]1. The van der Waals surface area contributed by atoms with Gasteiger partial charge in [-0.3, -0.25) is 20.0 Å². The third-order valence-electron chi connectivity index (χ3n) is 2.21. The van der Waals surface area contributed by atoms with E-state index < -0.39 is 10.8 Å². The minimum atomic E-state index is -0.550. The lowest BCUT2D eigenvalue weighted by molar-refractivity contribution is -0.384. The fourth-order valence-corrected chi connectivity index (χ4v) is 1.69. The number of H-pyrrole nitrogens is 1. The zero-order chi connectivity index (χ0) is 14.0. The molecule has 98 valence electrons. The minimum Gasteiger partial charge on any atom is -0.318 e. The van der Waals surface area contributed by atoms with Crippen molar-refractivity contribution in [3.05, 3.63) is 44.4 Å². The van der Waals surface area contributed by atoms with Crippen molar-refractivity contribution >= 4 is 33.2 Å². The Morgan fingerprint density at radius 2 is 2.26 bits per heavy atom. The van der Waals surface area contributed by atoms with Crippen LogP contribution in [0.1, 0.15) is 16.4 Å². The molecule has 2 aromatic rings. The van der Waals surface area contributed by atoms with Crippen LogP contribution in [-0.4, -0.2) is 26.0 Å². The molecule has 1 aromatic heterocycles. The molecule has 1 heterocycles. The van der Waals surface area contributed by atoms with Crippen molar-refractivity contribution in [2.24, 2.45) is 0 Å². The predicted octanol–water partition coefficient (Wildman–Crippen LogP) is 2.04. The number of amides is 1. The van der Waals surface area contributed by atoms with Gasteiger partial charge in [-0.1, -0.05) is 0 Å². The summed E-state index contributed by atoms with van der Waals surface area (Å²) in [6, 6.07) is 4.06. The standard InChI is InChI=1S/C10H8BrN5O3/c1-5-12-9(15-14-5)10(17)13-8-4-6(16(18)19)2-3-7(8)11/h2-4H,1H3,(H,13,17)(H,12,14,15). The van der Waals surface area contributed by atoms with E-state index in [9.17, 15) is 14.9 Å². The van der Waals surface area contributed by atoms with Crippen LogP contribution in [0.15, 0.2) is 22.7 Å². The third-order valence-corrected chi connectivity index (χ3v) is 2.90. The molecule has 2 N–H and O–H groups in total. The fourth-order valence-electron chi connectivity index (χ4n) is 1.35. The first-order valence-corrected chi connectivity index (χ1v) is 5.91. The van der Waals surface area contributed by atoms with E-state index in [-0.39, 0.29) is 17.2 Å². The predicted molar refractivity (Wildman–Crippen MR) is 69.9 cm³/mol. The number of carbonyl (C=O) groups is 1. The molecule has 0 unspecified atom stereocenters. The Bertz CT molecular complexity index is 654. The van der Waals surface area contributed by atoms with E-state index in [1.165, 1.54) is 18.2 Å². The van der Waals surface area contributed by atoms with Gasteiger partial charge in [0.05, 0.1) is 10.6 Å². The molecule has 0 atom stereocenters. The second-order valence-electron chi connectivity index (χ2n) is 3.62. The van der Waals surface area contributed by atoms with Gasteiger partial charge in [0, 0.05) is 16.6 Å². The van der Waals surface area contributed by atoms with Crippen LogP contribution in [0.5, 0.6) is 0 Å². The summed E-state index contributed by atoms with van der Waals surface area (Å²) in [5.41, 5.74) is 0.159. The normalized spacial score (nSPS) is 10.2. The number of rotatable bonds is 3. The molecular weight excluding hydrogens is 318 g/mol. The number of nitrogens with zero attached hydrogens (tertiary/aromatic N) is 3. The van der Waals surface area contributed by atoms with Crippen LogP contribution in [0.25, 0.3) is 0 Å². The lowest BCUT2D eigenvalue weighted by Gasteiger charge is -2.04. The number of benzene rings is 1. The molecule has 9 heteroatoms. The Hall–Kier alpha value is -2.29. The summed E-state index contributed by atoms with van der Waals surface area (Å²) in [7, 11) is 0. The highest BCUT2D eigenvalue weighted by molar-refractivity contribution is 9.10. The second-order valence-corrected chi connectivity index (χ2v) is 4.47. The number of nitro benzene ring substituents is 1. The Labute approximate surface area is 115 Å². The molecule has 0 bridgehead atoms. The number of nitro groups is 1. The van der Waals surface area contributed by atoms with Gasteiger partial charge in [-0.2, -0.15) is 0 Å². The fraction of sp³-hybridized carbons (Fsp3) is 0.100. The molecule has 19 heavy (non-hydrogen) atoms. The first-order valence-electron chi connectivity index (χ1n) is 5.11. The number of hydrogen-bond acceptors (Lipinski definition) is 5. The maximum absolute atomic E-state index is 11.8. The summed E-state index contributed by atoms with van der Waals surface area (Å²) in [5.74, 6) is -0.0790. The van der Waals surface area contributed by atoms with E-state index in [0.717, 1.165) is 0 Å². The Balaban J connectivity index is 2.25. The highest BCUT2D eigenvalue weighted by Crippen LogP contribution is 2.27. The van der Waals surface area contributed by atoms with Crippen molar-refractivity contribution in [2.45, 2.75) is 6.92 Å². The first-order chi connectivity index (χ1) is 8.97. The third kappa shape index (κ3) is 2.94. The van der Waals surface area contributed by atoms with Crippen molar-refractivity contribution in [2.75, 3.05) is 5.32 Å². The zero-order valence-electron chi connectivity index (χ0n) is 9.68. The number of non-ortho nitro benzene ring substituents is 1. The minimum absolute atomic E-state index is 0.0316. The van der Waals surface area contributed by atoms with Gasteiger partial charge in [-0.05, 0) is 28.9 Å². The van der Waals surface area contributed by atoms with E-state index in [1.54, 1.807) is 6.92 Å². The van der Waals surface area contributed by atoms with Crippen LogP contribution in [0.4, 0.5) is 11.4 Å². The van der Waals surface area contributed by atoms with E-state index in [4.69, 9.17) is 0 Å². The van der Waals surface area contributed by atoms with Gasteiger partial charge in [0.25, 0.3) is 11.6 Å². The van der Waals surface area contributed by atoms with E-state index in [1.807, 2.05) is 0 Å². The average Bonchev–Trinajstić information content (AvgIpc) is 2.78. The maximum atomic E-state index is 11.8. The molecule has 0 aliphatic rings. The summed E-state index contributed by atoms with van der Waals surface area (Å²) in [4.78, 5) is 25.8. The second kappa shape index (κ2) is 5.14. The van der Waals surface area contributed by atoms with Crippen LogP contribution in [0.3, 0.4) is 0 Å². The van der Waals surface area contributed by atoms with Crippen LogP contribution in [0, 0.1) is 17.0 Å². The molecular formula is C10H8BrN5O3. The largest absolute Gasteiger partial charge is 0.318 e. The van der Waals surface area contributed by atoms with Crippen LogP contribution < -0.4 is 5.32 Å². The number of aromatic amines is 1. The van der Waals surface area contributed by atoms with Gasteiger partial charge in [0.1, 0.15) is 5.82 Å². The molecule has 0 fully saturated rings. The molecule has 0 saturated carbocycles. The first kappa shape index (κ1) is 13.1. The summed E-state index contributed by atoms with van der Waals surface area (Å²) < 4.78 is 0.527. The Morgan fingerprint density at radius 1 is 1.53 bits per heavy atom.